The third-order valence-electron chi connectivity index (χ3n) is 2.38. The lowest BCUT2D eigenvalue weighted by molar-refractivity contribution is -0.115. The highest BCUT2D eigenvalue weighted by molar-refractivity contribution is 6.32. The van der Waals surface area contributed by atoms with Gasteiger partial charge in [0, 0.05) is 11.8 Å². The minimum Gasteiger partial charge on any atom is -0.491 e. The van der Waals surface area contributed by atoms with Crippen LogP contribution >= 0.6 is 11.6 Å². The molecular weight excluding hydrogens is 238 g/mol. The molecular formula is C13H18ClNO2. The molecule has 0 saturated heterocycles. The molecule has 1 N–H and O–H groups in total. The number of alkyl halides is 1. The van der Waals surface area contributed by atoms with E-state index in [0.29, 0.717) is 5.69 Å². The number of nitrogens with one attached hydrogen (secondary N) is 1. The Morgan fingerprint density at radius 3 is 2.76 bits per heavy atom. The van der Waals surface area contributed by atoms with Gasteiger partial charge in [-0.3, -0.25) is 4.79 Å². The van der Waals surface area contributed by atoms with E-state index in [1.54, 1.807) is 19.1 Å². The molecule has 0 aromatic heterocycles. The normalized spacial score (nSPS) is 13.9. The van der Waals surface area contributed by atoms with Gasteiger partial charge in [0.05, 0.1) is 6.10 Å². The summed E-state index contributed by atoms with van der Waals surface area (Å²) < 4.78 is 5.66. The van der Waals surface area contributed by atoms with Gasteiger partial charge in [-0.2, -0.15) is 0 Å². The van der Waals surface area contributed by atoms with Crippen LogP contribution in [0.2, 0.25) is 0 Å². The monoisotopic (exact) mass is 255 g/mol. The largest absolute Gasteiger partial charge is 0.491 e. The Bertz CT molecular complexity index is 379. The predicted molar refractivity (Wildman–Crippen MR) is 70.8 cm³/mol. The third-order valence-corrected chi connectivity index (χ3v) is 2.57. The summed E-state index contributed by atoms with van der Waals surface area (Å²) in [4.78, 5) is 11.4. The van der Waals surface area contributed by atoms with Gasteiger partial charge in [-0.25, -0.2) is 0 Å². The van der Waals surface area contributed by atoms with Crippen LogP contribution in [0.1, 0.15) is 27.2 Å². The van der Waals surface area contributed by atoms with Crippen molar-refractivity contribution in [2.45, 2.75) is 38.7 Å². The van der Waals surface area contributed by atoms with E-state index >= 15 is 0 Å². The highest BCUT2D eigenvalue weighted by atomic mass is 35.5. The Morgan fingerprint density at radius 1 is 1.47 bits per heavy atom. The van der Waals surface area contributed by atoms with Crippen LogP contribution in [0, 0.1) is 0 Å². The molecule has 1 aromatic carbocycles. The fraction of sp³-hybridized carbons (Fsp3) is 0.462. The SMILES string of the molecule is CCC(C)Oc1cccc(NC(=O)C(C)Cl)c1. The molecule has 94 valence electrons. The minimum atomic E-state index is -0.547. The minimum absolute atomic E-state index is 0.160. The molecule has 1 amide bonds. The summed E-state index contributed by atoms with van der Waals surface area (Å²) in [5, 5.41) is 2.18. The standard InChI is InChI=1S/C13H18ClNO2/c1-4-9(2)17-12-7-5-6-11(8-12)15-13(16)10(3)14/h5-10H,4H2,1-3H3,(H,15,16). The Hall–Kier alpha value is -1.22. The van der Waals surface area contributed by atoms with Crippen LogP contribution in [0.3, 0.4) is 0 Å². The van der Waals surface area contributed by atoms with Crippen LogP contribution in [0.5, 0.6) is 5.75 Å². The van der Waals surface area contributed by atoms with E-state index in [-0.39, 0.29) is 12.0 Å². The first-order chi connectivity index (χ1) is 8.02. The molecule has 0 spiro atoms. The number of amides is 1. The second-order valence-electron chi connectivity index (χ2n) is 3.97. The van der Waals surface area contributed by atoms with E-state index in [1.165, 1.54) is 0 Å². The third kappa shape index (κ3) is 4.65. The molecule has 0 aliphatic rings. The maximum absolute atomic E-state index is 11.4. The lowest BCUT2D eigenvalue weighted by Gasteiger charge is -2.14. The smallest absolute Gasteiger partial charge is 0.242 e. The molecule has 0 aliphatic carbocycles. The van der Waals surface area contributed by atoms with Gasteiger partial charge >= 0.3 is 0 Å². The van der Waals surface area contributed by atoms with Crippen LogP contribution in [0.15, 0.2) is 24.3 Å². The van der Waals surface area contributed by atoms with Crippen LogP contribution in [-0.2, 0) is 4.79 Å². The summed E-state index contributed by atoms with van der Waals surface area (Å²) in [5.41, 5.74) is 0.698. The molecule has 0 radical (unpaired) electrons. The number of benzene rings is 1. The summed E-state index contributed by atoms with van der Waals surface area (Å²) in [6.07, 6.45) is 1.10. The number of hydrogen-bond donors (Lipinski definition) is 1. The van der Waals surface area contributed by atoms with Gasteiger partial charge in [0.2, 0.25) is 5.91 Å². The Kier molecular flexibility index (Phi) is 5.29. The zero-order chi connectivity index (χ0) is 12.8. The van der Waals surface area contributed by atoms with Crippen LogP contribution < -0.4 is 10.1 Å². The van der Waals surface area contributed by atoms with Crippen molar-refractivity contribution in [1.82, 2.24) is 0 Å². The summed E-state index contributed by atoms with van der Waals surface area (Å²) in [5.74, 6) is 0.534. The number of halogens is 1. The zero-order valence-corrected chi connectivity index (χ0v) is 11.1. The van der Waals surface area contributed by atoms with Crippen molar-refractivity contribution in [2.75, 3.05) is 5.32 Å². The lowest BCUT2D eigenvalue weighted by atomic mass is 10.2. The fourth-order valence-corrected chi connectivity index (χ4v) is 1.26. The van der Waals surface area contributed by atoms with Gasteiger partial charge in [0.15, 0.2) is 0 Å². The van der Waals surface area contributed by atoms with Crippen molar-refractivity contribution in [2.24, 2.45) is 0 Å². The Morgan fingerprint density at radius 2 is 2.18 bits per heavy atom. The summed E-state index contributed by atoms with van der Waals surface area (Å²) in [6.45, 7) is 5.70. The van der Waals surface area contributed by atoms with Gasteiger partial charge in [-0.1, -0.05) is 13.0 Å². The van der Waals surface area contributed by atoms with Gasteiger partial charge in [0.25, 0.3) is 0 Å². The Balaban J connectivity index is 2.69. The fourth-order valence-electron chi connectivity index (χ4n) is 1.20. The van der Waals surface area contributed by atoms with E-state index < -0.39 is 5.38 Å². The van der Waals surface area contributed by atoms with Crippen LogP contribution in [-0.4, -0.2) is 17.4 Å². The molecule has 0 aliphatic heterocycles. The highest BCUT2D eigenvalue weighted by Crippen LogP contribution is 2.19. The lowest BCUT2D eigenvalue weighted by Crippen LogP contribution is -2.20. The molecule has 4 heteroatoms. The van der Waals surface area contributed by atoms with Gasteiger partial charge in [0.1, 0.15) is 11.1 Å². The van der Waals surface area contributed by atoms with E-state index in [1.807, 2.05) is 19.1 Å². The first-order valence-corrected chi connectivity index (χ1v) is 6.18. The molecule has 0 fully saturated rings. The summed E-state index contributed by atoms with van der Waals surface area (Å²) in [6, 6.07) is 7.31. The van der Waals surface area contributed by atoms with Crippen molar-refractivity contribution >= 4 is 23.2 Å². The van der Waals surface area contributed by atoms with E-state index in [4.69, 9.17) is 16.3 Å². The second kappa shape index (κ2) is 6.50. The summed E-state index contributed by atoms with van der Waals surface area (Å²) >= 11 is 5.68. The van der Waals surface area contributed by atoms with Crippen molar-refractivity contribution in [3.05, 3.63) is 24.3 Å². The first-order valence-electron chi connectivity index (χ1n) is 5.74. The molecule has 17 heavy (non-hydrogen) atoms. The molecule has 1 rings (SSSR count). The summed E-state index contributed by atoms with van der Waals surface area (Å²) in [7, 11) is 0. The van der Waals surface area contributed by atoms with Crippen LogP contribution in [0.4, 0.5) is 5.69 Å². The molecule has 3 nitrogen and oxygen atoms in total. The molecule has 0 heterocycles. The number of rotatable bonds is 5. The zero-order valence-electron chi connectivity index (χ0n) is 10.4. The molecule has 1 aromatic rings. The number of carbonyl (C=O) groups is 1. The van der Waals surface area contributed by atoms with Crippen molar-refractivity contribution in [1.29, 1.82) is 0 Å². The molecule has 0 saturated carbocycles. The average molecular weight is 256 g/mol. The second-order valence-corrected chi connectivity index (χ2v) is 4.62. The van der Waals surface area contributed by atoms with Gasteiger partial charge in [-0.15, -0.1) is 11.6 Å². The maximum Gasteiger partial charge on any atom is 0.242 e. The number of ether oxygens (including phenoxy) is 1. The molecule has 0 bridgehead atoms. The van der Waals surface area contributed by atoms with Gasteiger partial charge < -0.3 is 10.1 Å². The Labute approximate surface area is 107 Å². The van der Waals surface area contributed by atoms with Crippen LogP contribution in [0.25, 0.3) is 0 Å². The average Bonchev–Trinajstić information content (AvgIpc) is 2.29. The predicted octanol–water partition coefficient (Wildman–Crippen LogP) is 3.43. The van der Waals surface area contributed by atoms with Crippen molar-refractivity contribution in [3.63, 3.8) is 0 Å². The molecule has 2 unspecified atom stereocenters. The quantitative estimate of drug-likeness (QED) is 0.819. The van der Waals surface area contributed by atoms with E-state index in [2.05, 4.69) is 12.2 Å². The molecule has 2 atom stereocenters. The number of carbonyl (C=O) groups excluding carboxylic acids is 1. The maximum atomic E-state index is 11.4. The van der Waals surface area contributed by atoms with Crippen molar-refractivity contribution < 1.29 is 9.53 Å². The highest BCUT2D eigenvalue weighted by Gasteiger charge is 2.09. The topological polar surface area (TPSA) is 38.3 Å². The number of hydrogen-bond acceptors (Lipinski definition) is 2. The first kappa shape index (κ1) is 13.8. The van der Waals surface area contributed by atoms with Crippen molar-refractivity contribution in [3.8, 4) is 5.75 Å². The number of anilines is 1. The van der Waals surface area contributed by atoms with Gasteiger partial charge in [-0.05, 0) is 32.4 Å². The van der Waals surface area contributed by atoms with E-state index in [0.717, 1.165) is 12.2 Å². The van der Waals surface area contributed by atoms with E-state index in [9.17, 15) is 4.79 Å².